The van der Waals surface area contributed by atoms with Crippen molar-refractivity contribution in [2.24, 2.45) is 0 Å². The summed E-state index contributed by atoms with van der Waals surface area (Å²) in [5.41, 5.74) is 9.38. The summed E-state index contributed by atoms with van der Waals surface area (Å²) in [4.78, 5) is 1.43. The zero-order valence-electron chi connectivity index (χ0n) is 10.1. The molecule has 3 N–H and O–H groups in total. The van der Waals surface area contributed by atoms with Crippen LogP contribution in [0.15, 0.2) is 35.7 Å². The third kappa shape index (κ3) is 3.08. The van der Waals surface area contributed by atoms with E-state index in [1.807, 2.05) is 29.5 Å². The quantitative estimate of drug-likeness (QED) is 0.795. The van der Waals surface area contributed by atoms with Gasteiger partial charge in [-0.25, -0.2) is 0 Å². The molecule has 0 amide bonds. The molecule has 0 bridgehead atoms. The molecule has 0 aliphatic carbocycles. The lowest BCUT2D eigenvalue weighted by atomic mass is 10.1. The van der Waals surface area contributed by atoms with Crippen LogP contribution >= 0.6 is 11.3 Å². The highest BCUT2D eigenvalue weighted by molar-refractivity contribution is 7.10. The normalized spacial score (nSPS) is 10.6. The Balaban J connectivity index is 1.90. The molecule has 0 aliphatic heterocycles. The van der Waals surface area contributed by atoms with Gasteiger partial charge in [0.25, 0.3) is 0 Å². The highest BCUT2D eigenvalue weighted by atomic mass is 32.1. The molecule has 0 saturated carbocycles. The number of rotatable bonds is 5. The molecule has 0 aliphatic rings. The zero-order chi connectivity index (χ0) is 12.1. The SMILES string of the molecule is CCc1ccsc1CNCc1ccccc1N. The maximum atomic E-state index is 5.90. The Morgan fingerprint density at radius 3 is 2.71 bits per heavy atom. The van der Waals surface area contributed by atoms with Crippen LogP contribution in [-0.2, 0) is 19.5 Å². The molecule has 1 aromatic carbocycles. The van der Waals surface area contributed by atoms with Crippen LogP contribution in [0.4, 0.5) is 5.69 Å². The molecule has 3 heteroatoms. The third-order valence-electron chi connectivity index (χ3n) is 2.87. The van der Waals surface area contributed by atoms with E-state index in [0.29, 0.717) is 0 Å². The summed E-state index contributed by atoms with van der Waals surface area (Å²) < 4.78 is 0. The second-order valence-corrected chi connectivity index (χ2v) is 5.03. The number of nitrogens with two attached hydrogens (primary N) is 1. The second-order valence-electron chi connectivity index (χ2n) is 4.02. The number of aryl methyl sites for hydroxylation is 1. The highest BCUT2D eigenvalue weighted by Gasteiger charge is 2.02. The van der Waals surface area contributed by atoms with Gasteiger partial charge in [0.2, 0.25) is 0 Å². The number of para-hydroxylation sites is 1. The van der Waals surface area contributed by atoms with Gasteiger partial charge in [0.05, 0.1) is 0 Å². The summed E-state index contributed by atoms with van der Waals surface area (Å²) in [7, 11) is 0. The fourth-order valence-corrected chi connectivity index (χ4v) is 2.79. The number of anilines is 1. The molecular weight excluding hydrogens is 228 g/mol. The number of benzene rings is 1. The molecule has 2 aromatic rings. The van der Waals surface area contributed by atoms with Crippen molar-refractivity contribution in [2.75, 3.05) is 5.73 Å². The Kier molecular flexibility index (Phi) is 4.18. The van der Waals surface area contributed by atoms with Crippen LogP contribution in [0, 0.1) is 0 Å². The smallest absolute Gasteiger partial charge is 0.0359 e. The van der Waals surface area contributed by atoms with Crippen LogP contribution in [0.1, 0.15) is 22.9 Å². The first kappa shape index (κ1) is 12.1. The maximum absolute atomic E-state index is 5.90. The van der Waals surface area contributed by atoms with Crippen molar-refractivity contribution in [3.05, 3.63) is 51.7 Å². The van der Waals surface area contributed by atoms with E-state index in [-0.39, 0.29) is 0 Å². The minimum Gasteiger partial charge on any atom is -0.398 e. The van der Waals surface area contributed by atoms with E-state index in [4.69, 9.17) is 5.73 Å². The number of thiophene rings is 1. The first-order chi connectivity index (χ1) is 8.31. The van der Waals surface area contributed by atoms with Crippen molar-refractivity contribution in [1.82, 2.24) is 5.32 Å². The van der Waals surface area contributed by atoms with E-state index in [1.54, 1.807) is 0 Å². The summed E-state index contributed by atoms with van der Waals surface area (Å²) in [6.07, 6.45) is 1.11. The van der Waals surface area contributed by atoms with Gasteiger partial charge in [0.1, 0.15) is 0 Å². The van der Waals surface area contributed by atoms with Crippen molar-refractivity contribution in [1.29, 1.82) is 0 Å². The van der Waals surface area contributed by atoms with E-state index < -0.39 is 0 Å². The van der Waals surface area contributed by atoms with Crippen molar-refractivity contribution in [2.45, 2.75) is 26.4 Å². The molecule has 2 nitrogen and oxygen atoms in total. The van der Waals surface area contributed by atoms with Crippen LogP contribution in [0.3, 0.4) is 0 Å². The summed E-state index contributed by atoms with van der Waals surface area (Å²) >= 11 is 1.82. The van der Waals surface area contributed by atoms with Gasteiger partial charge in [-0.05, 0) is 35.1 Å². The molecule has 0 spiro atoms. The van der Waals surface area contributed by atoms with Crippen LogP contribution in [0.5, 0.6) is 0 Å². The number of hydrogen-bond acceptors (Lipinski definition) is 3. The Labute approximate surface area is 106 Å². The lowest BCUT2D eigenvalue weighted by Gasteiger charge is -2.07. The van der Waals surface area contributed by atoms with Crippen molar-refractivity contribution in [3.8, 4) is 0 Å². The molecule has 0 saturated heterocycles. The topological polar surface area (TPSA) is 38.0 Å². The fraction of sp³-hybridized carbons (Fsp3) is 0.286. The standard InChI is InChI=1S/C14H18N2S/c1-2-11-7-8-17-14(11)10-16-9-12-5-3-4-6-13(12)15/h3-8,16H,2,9-10,15H2,1H3. The van der Waals surface area contributed by atoms with E-state index in [9.17, 15) is 0 Å². The highest BCUT2D eigenvalue weighted by Crippen LogP contribution is 2.17. The number of nitrogens with one attached hydrogen (secondary N) is 1. The lowest BCUT2D eigenvalue weighted by molar-refractivity contribution is 0.698. The Hall–Kier alpha value is -1.32. The monoisotopic (exact) mass is 246 g/mol. The van der Waals surface area contributed by atoms with E-state index >= 15 is 0 Å². The largest absolute Gasteiger partial charge is 0.398 e. The molecule has 0 atom stereocenters. The molecule has 17 heavy (non-hydrogen) atoms. The maximum Gasteiger partial charge on any atom is 0.0359 e. The van der Waals surface area contributed by atoms with Crippen molar-refractivity contribution in [3.63, 3.8) is 0 Å². The molecule has 2 rings (SSSR count). The van der Waals surface area contributed by atoms with Gasteiger partial charge >= 0.3 is 0 Å². The zero-order valence-corrected chi connectivity index (χ0v) is 10.9. The average molecular weight is 246 g/mol. The van der Waals surface area contributed by atoms with E-state index in [0.717, 1.165) is 25.2 Å². The summed E-state index contributed by atoms with van der Waals surface area (Å²) in [5.74, 6) is 0. The summed E-state index contributed by atoms with van der Waals surface area (Å²) in [6, 6.07) is 10.2. The number of hydrogen-bond donors (Lipinski definition) is 2. The molecule has 0 unspecified atom stereocenters. The minimum atomic E-state index is 0.827. The molecule has 0 fully saturated rings. The first-order valence-electron chi connectivity index (χ1n) is 5.90. The Morgan fingerprint density at radius 1 is 1.12 bits per heavy atom. The van der Waals surface area contributed by atoms with Gasteiger partial charge in [-0.2, -0.15) is 0 Å². The molecular formula is C14H18N2S. The first-order valence-corrected chi connectivity index (χ1v) is 6.78. The summed E-state index contributed by atoms with van der Waals surface area (Å²) in [6.45, 7) is 3.95. The van der Waals surface area contributed by atoms with Gasteiger partial charge in [-0.3, -0.25) is 0 Å². The molecule has 90 valence electrons. The Morgan fingerprint density at radius 2 is 1.94 bits per heavy atom. The van der Waals surface area contributed by atoms with Crippen LogP contribution in [-0.4, -0.2) is 0 Å². The van der Waals surface area contributed by atoms with Crippen LogP contribution < -0.4 is 11.1 Å². The second kappa shape index (κ2) is 5.84. The van der Waals surface area contributed by atoms with Gasteiger partial charge in [0, 0.05) is 23.7 Å². The van der Waals surface area contributed by atoms with Crippen LogP contribution in [0.25, 0.3) is 0 Å². The van der Waals surface area contributed by atoms with E-state index in [2.05, 4.69) is 29.8 Å². The van der Waals surface area contributed by atoms with Crippen LogP contribution in [0.2, 0.25) is 0 Å². The molecule has 0 radical (unpaired) electrons. The summed E-state index contributed by atoms with van der Waals surface area (Å²) in [5, 5.41) is 5.61. The fourth-order valence-electron chi connectivity index (χ4n) is 1.84. The predicted octanol–water partition coefficient (Wildman–Crippen LogP) is 3.18. The van der Waals surface area contributed by atoms with Crippen molar-refractivity contribution >= 4 is 17.0 Å². The van der Waals surface area contributed by atoms with Crippen molar-refractivity contribution < 1.29 is 0 Å². The molecule has 1 aromatic heterocycles. The predicted molar refractivity (Wildman–Crippen MR) is 75.1 cm³/mol. The Bertz CT molecular complexity index is 477. The van der Waals surface area contributed by atoms with Gasteiger partial charge in [0.15, 0.2) is 0 Å². The lowest BCUT2D eigenvalue weighted by Crippen LogP contribution is -2.13. The average Bonchev–Trinajstić information content (AvgIpc) is 2.79. The minimum absolute atomic E-state index is 0.827. The molecule has 1 heterocycles. The van der Waals surface area contributed by atoms with Gasteiger partial charge in [-0.1, -0.05) is 25.1 Å². The van der Waals surface area contributed by atoms with Gasteiger partial charge < -0.3 is 11.1 Å². The number of nitrogen functional groups attached to an aromatic ring is 1. The third-order valence-corrected chi connectivity index (χ3v) is 3.84. The van der Waals surface area contributed by atoms with E-state index in [1.165, 1.54) is 16.0 Å². The van der Waals surface area contributed by atoms with Gasteiger partial charge in [-0.15, -0.1) is 11.3 Å².